The van der Waals surface area contributed by atoms with Crippen LogP contribution in [-0.4, -0.2) is 24.7 Å². The molecular formula is C22H24N2O. The SMILES string of the molecule is COc1ccc2ncc(-c3ccccc3)c(N3CCCCC3C)c2c1. The highest BCUT2D eigenvalue weighted by Crippen LogP contribution is 2.40. The van der Waals surface area contributed by atoms with Gasteiger partial charge in [0.2, 0.25) is 0 Å². The molecule has 1 fully saturated rings. The summed E-state index contributed by atoms with van der Waals surface area (Å²) in [6.07, 6.45) is 5.82. The lowest BCUT2D eigenvalue weighted by Crippen LogP contribution is -2.37. The topological polar surface area (TPSA) is 25.4 Å². The summed E-state index contributed by atoms with van der Waals surface area (Å²) >= 11 is 0. The lowest BCUT2D eigenvalue weighted by molar-refractivity contribution is 0.415. The minimum absolute atomic E-state index is 0.535. The molecule has 1 aliphatic heterocycles. The number of ether oxygens (including phenoxy) is 1. The number of aromatic nitrogens is 1. The zero-order valence-electron chi connectivity index (χ0n) is 14.9. The lowest BCUT2D eigenvalue weighted by Gasteiger charge is -2.37. The molecule has 0 N–H and O–H groups in total. The van der Waals surface area contributed by atoms with E-state index in [9.17, 15) is 0 Å². The first-order valence-corrected chi connectivity index (χ1v) is 9.07. The molecule has 3 nitrogen and oxygen atoms in total. The molecule has 1 saturated heterocycles. The Balaban J connectivity index is 1.99. The molecule has 3 aromatic rings. The molecule has 0 bridgehead atoms. The predicted octanol–water partition coefficient (Wildman–Crippen LogP) is 5.29. The van der Waals surface area contributed by atoms with Crippen molar-refractivity contribution in [3.8, 4) is 16.9 Å². The number of rotatable bonds is 3. The van der Waals surface area contributed by atoms with Gasteiger partial charge in [-0.3, -0.25) is 4.98 Å². The van der Waals surface area contributed by atoms with E-state index in [-0.39, 0.29) is 0 Å². The van der Waals surface area contributed by atoms with Crippen LogP contribution in [0.3, 0.4) is 0 Å². The Hall–Kier alpha value is -2.55. The van der Waals surface area contributed by atoms with E-state index in [1.165, 1.54) is 41.5 Å². The van der Waals surface area contributed by atoms with E-state index >= 15 is 0 Å². The van der Waals surface area contributed by atoms with Crippen LogP contribution in [0.2, 0.25) is 0 Å². The molecule has 1 aliphatic rings. The normalized spacial score (nSPS) is 17.7. The van der Waals surface area contributed by atoms with Crippen molar-refractivity contribution in [1.29, 1.82) is 0 Å². The Kier molecular flexibility index (Phi) is 4.31. The minimum atomic E-state index is 0.535. The molecule has 1 aromatic heterocycles. The van der Waals surface area contributed by atoms with Crippen molar-refractivity contribution < 1.29 is 4.74 Å². The Labute approximate surface area is 149 Å². The van der Waals surface area contributed by atoms with E-state index in [1.54, 1.807) is 7.11 Å². The fourth-order valence-corrected chi connectivity index (χ4v) is 3.85. The van der Waals surface area contributed by atoms with Crippen LogP contribution in [0.15, 0.2) is 54.7 Å². The Morgan fingerprint density at radius 3 is 2.68 bits per heavy atom. The first-order valence-electron chi connectivity index (χ1n) is 9.07. The molecule has 2 heterocycles. The fourth-order valence-electron chi connectivity index (χ4n) is 3.85. The minimum Gasteiger partial charge on any atom is -0.497 e. The van der Waals surface area contributed by atoms with Crippen molar-refractivity contribution in [2.75, 3.05) is 18.6 Å². The maximum atomic E-state index is 5.49. The number of piperidine rings is 1. The van der Waals surface area contributed by atoms with Crippen molar-refractivity contribution in [3.05, 3.63) is 54.7 Å². The quantitative estimate of drug-likeness (QED) is 0.651. The van der Waals surface area contributed by atoms with E-state index in [0.717, 1.165) is 17.8 Å². The summed E-state index contributed by atoms with van der Waals surface area (Å²) < 4.78 is 5.49. The third-order valence-corrected chi connectivity index (χ3v) is 5.22. The van der Waals surface area contributed by atoms with Gasteiger partial charge in [-0.05, 0) is 49.9 Å². The molecule has 25 heavy (non-hydrogen) atoms. The first-order chi connectivity index (χ1) is 12.3. The third-order valence-electron chi connectivity index (χ3n) is 5.22. The van der Waals surface area contributed by atoms with Gasteiger partial charge >= 0.3 is 0 Å². The van der Waals surface area contributed by atoms with Crippen LogP contribution >= 0.6 is 0 Å². The molecule has 1 unspecified atom stereocenters. The molecule has 0 spiro atoms. The number of pyridine rings is 1. The molecule has 4 rings (SSSR count). The van der Waals surface area contributed by atoms with Crippen molar-refractivity contribution in [2.24, 2.45) is 0 Å². The van der Waals surface area contributed by atoms with Crippen molar-refractivity contribution in [3.63, 3.8) is 0 Å². The van der Waals surface area contributed by atoms with E-state index < -0.39 is 0 Å². The molecule has 0 radical (unpaired) electrons. The maximum absolute atomic E-state index is 5.49. The standard InChI is InChI=1S/C22H24N2O/c1-16-8-6-7-13-24(16)22-19-14-18(25-2)11-12-21(19)23-15-20(22)17-9-4-3-5-10-17/h3-5,9-12,14-16H,6-8,13H2,1-2H3. The highest BCUT2D eigenvalue weighted by molar-refractivity contribution is 6.00. The third kappa shape index (κ3) is 2.95. The molecule has 3 heteroatoms. The molecule has 0 saturated carbocycles. The van der Waals surface area contributed by atoms with Gasteiger partial charge in [-0.25, -0.2) is 0 Å². The number of benzene rings is 2. The second-order valence-corrected chi connectivity index (χ2v) is 6.81. The van der Waals surface area contributed by atoms with Crippen molar-refractivity contribution in [1.82, 2.24) is 4.98 Å². The van der Waals surface area contributed by atoms with Crippen LogP contribution in [-0.2, 0) is 0 Å². The number of anilines is 1. The van der Waals surface area contributed by atoms with E-state index in [4.69, 9.17) is 9.72 Å². The summed E-state index contributed by atoms with van der Waals surface area (Å²) in [5, 5.41) is 1.18. The molecule has 2 aromatic carbocycles. The Morgan fingerprint density at radius 1 is 1.08 bits per heavy atom. The second kappa shape index (κ2) is 6.75. The summed E-state index contributed by atoms with van der Waals surface area (Å²) in [4.78, 5) is 7.30. The van der Waals surface area contributed by atoms with Gasteiger partial charge in [0.05, 0.1) is 18.3 Å². The van der Waals surface area contributed by atoms with Crippen LogP contribution in [0.1, 0.15) is 26.2 Å². The molecular weight excluding hydrogens is 308 g/mol. The van der Waals surface area contributed by atoms with Gasteiger partial charge < -0.3 is 9.64 Å². The molecule has 0 amide bonds. The maximum Gasteiger partial charge on any atom is 0.119 e. The first kappa shape index (κ1) is 15.9. The summed E-state index contributed by atoms with van der Waals surface area (Å²) in [5.41, 5.74) is 4.73. The fraction of sp³-hybridized carbons (Fsp3) is 0.318. The lowest BCUT2D eigenvalue weighted by atomic mass is 9.96. The van der Waals surface area contributed by atoms with Gasteiger partial charge in [-0.15, -0.1) is 0 Å². The molecule has 128 valence electrons. The van der Waals surface area contributed by atoms with Crippen molar-refractivity contribution >= 4 is 16.6 Å². The Bertz CT molecular complexity index is 876. The second-order valence-electron chi connectivity index (χ2n) is 6.81. The number of hydrogen-bond donors (Lipinski definition) is 0. The van der Waals surface area contributed by atoms with E-state index in [1.807, 2.05) is 12.3 Å². The van der Waals surface area contributed by atoms with E-state index in [0.29, 0.717) is 6.04 Å². The monoisotopic (exact) mass is 332 g/mol. The summed E-state index contributed by atoms with van der Waals surface area (Å²) in [6, 6.07) is 17.3. The predicted molar refractivity (Wildman–Crippen MR) is 104 cm³/mol. The summed E-state index contributed by atoms with van der Waals surface area (Å²) in [7, 11) is 1.72. The van der Waals surface area contributed by atoms with Gasteiger partial charge in [0.25, 0.3) is 0 Å². The average Bonchev–Trinajstić information content (AvgIpc) is 2.68. The van der Waals surface area contributed by atoms with Gasteiger partial charge in [0, 0.05) is 29.7 Å². The zero-order valence-corrected chi connectivity index (χ0v) is 14.9. The Morgan fingerprint density at radius 2 is 1.92 bits per heavy atom. The smallest absolute Gasteiger partial charge is 0.119 e. The average molecular weight is 332 g/mol. The van der Waals surface area contributed by atoms with Crippen LogP contribution < -0.4 is 9.64 Å². The number of nitrogens with zero attached hydrogens (tertiary/aromatic N) is 2. The highest BCUT2D eigenvalue weighted by Gasteiger charge is 2.24. The summed E-state index contributed by atoms with van der Waals surface area (Å²) in [6.45, 7) is 3.43. The summed E-state index contributed by atoms with van der Waals surface area (Å²) in [5.74, 6) is 0.880. The highest BCUT2D eigenvalue weighted by atomic mass is 16.5. The van der Waals surface area contributed by atoms with Crippen LogP contribution in [0.5, 0.6) is 5.75 Å². The van der Waals surface area contributed by atoms with Crippen molar-refractivity contribution in [2.45, 2.75) is 32.2 Å². The van der Waals surface area contributed by atoms with Crippen LogP contribution in [0.25, 0.3) is 22.0 Å². The zero-order chi connectivity index (χ0) is 17.2. The largest absolute Gasteiger partial charge is 0.497 e. The van der Waals surface area contributed by atoms with Crippen LogP contribution in [0.4, 0.5) is 5.69 Å². The number of hydrogen-bond acceptors (Lipinski definition) is 3. The van der Waals surface area contributed by atoms with Gasteiger partial charge in [-0.2, -0.15) is 0 Å². The van der Waals surface area contributed by atoms with Gasteiger partial charge in [0.1, 0.15) is 5.75 Å². The molecule has 1 atom stereocenters. The molecule has 0 aliphatic carbocycles. The van der Waals surface area contributed by atoms with E-state index in [2.05, 4.69) is 54.3 Å². The number of methoxy groups -OCH3 is 1. The number of fused-ring (bicyclic) bond motifs is 1. The van der Waals surface area contributed by atoms with Gasteiger partial charge in [-0.1, -0.05) is 30.3 Å². The van der Waals surface area contributed by atoms with Gasteiger partial charge in [0.15, 0.2) is 0 Å². The van der Waals surface area contributed by atoms with Crippen LogP contribution in [0, 0.1) is 0 Å².